The number of hydrogen-bond donors (Lipinski definition) is 2. The van der Waals surface area contributed by atoms with E-state index in [1.807, 2.05) is 19.2 Å². The molecule has 1 aromatic carbocycles. The molecule has 1 unspecified atom stereocenters. The number of aliphatic imine (C=N–C) groups is 1. The van der Waals surface area contributed by atoms with Crippen molar-refractivity contribution in [3.63, 3.8) is 0 Å². The molecule has 7 nitrogen and oxygen atoms in total. The zero-order chi connectivity index (χ0) is 28.8. The molecule has 1 aliphatic carbocycles. The van der Waals surface area contributed by atoms with E-state index in [2.05, 4.69) is 42.3 Å². The molecule has 1 saturated carbocycles. The molecule has 7 heteroatoms. The van der Waals surface area contributed by atoms with Gasteiger partial charge >= 0.3 is 5.97 Å². The second kappa shape index (κ2) is 13.9. The lowest BCUT2D eigenvalue weighted by molar-refractivity contribution is -0.156. The maximum Gasteiger partial charge on any atom is 0.323 e. The van der Waals surface area contributed by atoms with Crippen LogP contribution in [0.1, 0.15) is 93.9 Å². The minimum atomic E-state index is -0.313. The molecule has 222 valence electrons. The summed E-state index contributed by atoms with van der Waals surface area (Å²) in [5.41, 5.74) is 6.09. The Hall–Kier alpha value is -2.77. The molecule has 41 heavy (non-hydrogen) atoms. The number of hydrogen-bond acceptors (Lipinski definition) is 6. The maximum atomic E-state index is 12.9. The summed E-state index contributed by atoms with van der Waals surface area (Å²) in [5.74, 6) is 1.30. The SMILES string of the molecule is Cc1cc(C2=Nc3cc(CN[C@@H](CC(C)C)C(=O)OC4CCC4)ccc3CCC2CCC2CCOCC2)c[nH]c1=O. The summed E-state index contributed by atoms with van der Waals surface area (Å²) in [4.78, 5) is 33.3. The number of aromatic amines is 1. The summed E-state index contributed by atoms with van der Waals surface area (Å²) < 4.78 is 11.3. The first-order valence-corrected chi connectivity index (χ1v) is 15.8. The van der Waals surface area contributed by atoms with Gasteiger partial charge < -0.3 is 19.8 Å². The molecule has 2 aromatic rings. The Kier molecular flexibility index (Phi) is 10.1. The van der Waals surface area contributed by atoms with Gasteiger partial charge in [0.1, 0.15) is 12.1 Å². The van der Waals surface area contributed by atoms with Gasteiger partial charge in [0.15, 0.2) is 0 Å². The number of benzene rings is 1. The number of aryl methyl sites for hydroxylation is 2. The number of H-pyrrole nitrogens is 1. The fourth-order valence-corrected chi connectivity index (χ4v) is 6.23. The lowest BCUT2D eigenvalue weighted by Crippen LogP contribution is -2.41. The number of carbonyl (C=O) groups is 1. The van der Waals surface area contributed by atoms with Crippen LogP contribution in [0.25, 0.3) is 0 Å². The fourth-order valence-electron chi connectivity index (χ4n) is 6.23. The van der Waals surface area contributed by atoms with Crippen molar-refractivity contribution in [2.24, 2.45) is 22.7 Å². The van der Waals surface area contributed by atoms with Crippen molar-refractivity contribution in [1.29, 1.82) is 0 Å². The highest BCUT2D eigenvalue weighted by Gasteiger charge is 2.28. The zero-order valence-corrected chi connectivity index (χ0v) is 25.0. The van der Waals surface area contributed by atoms with Crippen molar-refractivity contribution in [2.45, 2.75) is 104 Å². The summed E-state index contributed by atoms with van der Waals surface area (Å²) in [5, 5.41) is 3.49. The molecule has 1 aromatic heterocycles. The predicted octanol–water partition coefficient (Wildman–Crippen LogP) is 6.17. The Morgan fingerprint density at radius 3 is 2.63 bits per heavy atom. The third-order valence-electron chi connectivity index (χ3n) is 9.07. The van der Waals surface area contributed by atoms with Gasteiger partial charge in [-0.25, -0.2) is 0 Å². The number of aromatic nitrogens is 1. The highest BCUT2D eigenvalue weighted by Crippen LogP contribution is 2.34. The lowest BCUT2D eigenvalue weighted by atomic mass is 9.84. The number of carbonyl (C=O) groups excluding carboxylic acids is 1. The van der Waals surface area contributed by atoms with E-state index in [0.29, 0.717) is 29.9 Å². The van der Waals surface area contributed by atoms with Crippen LogP contribution in [0.4, 0.5) is 5.69 Å². The van der Waals surface area contributed by atoms with Crippen molar-refractivity contribution in [3.8, 4) is 0 Å². The second-order valence-electron chi connectivity index (χ2n) is 12.8. The molecule has 2 atom stereocenters. The van der Waals surface area contributed by atoms with Crippen LogP contribution < -0.4 is 10.9 Å². The quantitative estimate of drug-likeness (QED) is 0.320. The summed E-state index contributed by atoms with van der Waals surface area (Å²) in [7, 11) is 0. The summed E-state index contributed by atoms with van der Waals surface area (Å²) in [6.07, 6.45) is 12.3. The smallest absolute Gasteiger partial charge is 0.323 e. The molecular weight excluding hydrogens is 514 g/mol. The minimum absolute atomic E-state index is 0.0534. The minimum Gasteiger partial charge on any atom is -0.461 e. The molecule has 0 radical (unpaired) electrons. The molecule has 1 saturated heterocycles. The van der Waals surface area contributed by atoms with Gasteiger partial charge in [-0.3, -0.25) is 14.6 Å². The highest BCUT2D eigenvalue weighted by atomic mass is 16.5. The van der Waals surface area contributed by atoms with E-state index in [1.165, 1.54) is 12.0 Å². The van der Waals surface area contributed by atoms with Crippen LogP contribution in [0, 0.1) is 24.7 Å². The number of pyridine rings is 1. The van der Waals surface area contributed by atoms with E-state index in [4.69, 9.17) is 14.5 Å². The Bertz CT molecular complexity index is 1270. The van der Waals surface area contributed by atoms with E-state index in [0.717, 1.165) is 93.5 Å². The third kappa shape index (κ3) is 7.95. The number of esters is 1. The topological polar surface area (TPSA) is 92.8 Å². The van der Waals surface area contributed by atoms with Gasteiger partial charge in [0.2, 0.25) is 0 Å². The van der Waals surface area contributed by atoms with Crippen LogP contribution in [0.2, 0.25) is 0 Å². The third-order valence-corrected chi connectivity index (χ3v) is 9.07. The normalized spacial score (nSPS) is 20.6. The number of nitrogens with zero attached hydrogens (tertiary/aromatic N) is 1. The molecule has 2 aliphatic heterocycles. The van der Waals surface area contributed by atoms with E-state index in [9.17, 15) is 9.59 Å². The van der Waals surface area contributed by atoms with Gasteiger partial charge in [-0.15, -0.1) is 0 Å². The van der Waals surface area contributed by atoms with E-state index in [1.54, 1.807) is 0 Å². The van der Waals surface area contributed by atoms with Gasteiger partial charge in [0, 0.05) is 43.0 Å². The Balaban J connectivity index is 1.36. The van der Waals surface area contributed by atoms with Crippen LogP contribution in [0.3, 0.4) is 0 Å². The van der Waals surface area contributed by atoms with E-state index in [-0.39, 0.29) is 23.7 Å². The number of rotatable bonds is 11. The molecule has 3 heterocycles. The number of fused-ring (bicyclic) bond motifs is 1. The fraction of sp³-hybridized carbons (Fsp3) is 0.618. The molecule has 0 bridgehead atoms. The molecule has 2 N–H and O–H groups in total. The summed E-state index contributed by atoms with van der Waals surface area (Å²) in [6, 6.07) is 8.21. The van der Waals surface area contributed by atoms with Gasteiger partial charge in [0.05, 0.1) is 11.4 Å². The first-order valence-electron chi connectivity index (χ1n) is 15.8. The monoisotopic (exact) mass is 561 g/mol. The van der Waals surface area contributed by atoms with E-state index >= 15 is 0 Å². The predicted molar refractivity (Wildman–Crippen MR) is 163 cm³/mol. The van der Waals surface area contributed by atoms with Crippen molar-refractivity contribution < 1.29 is 14.3 Å². The van der Waals surface area contributed by atoms with Crippen LogP contribution in [-0.2, 0) is 27.2 Å². The molecule has 5 rings (SSSR count). The zero-order valence-electron chi connectivity index (χ0n) is 25.0. The summed E-state index contributed by atoms with van der Waals surface area (Å²) >= 11 is 0. The first kappa shape index (κ1) is 29.7. The van der Waals surface area contributed by atoms with Gasteiger partial charge in [-0.05, 0) is 106 Å². The molecule has 0 amide bonds. The Morgan fingerprint density at radius 2 is 1.93 bits per heavy atom. The van der Waals surface area contributed by atoms with Crippen LogP contribution in [-0.4, -0.2) is 42.0 Å². The molecule has 0 spiro atoms. The Morgan fingerprint density at radius 1 is 1.12 bits per heavy atom. The summed E-state index contributed by atoms with van der Waals surface area (Å²) in [6.45, 7) is 8.46. The average Bonchev–Trinajstić information content (AvgIpc) is 3.12. The Labute approximate surface area is 244 Å². The van der Waals surface area contributed by atoms with Crippen LogP contribution >= 0.6 is 0 Å². The van der Waals surface area contributed by atoms with Crippen LogP contribution in [0.15, 0.2) is 40.2 Å². The number of ether oxygens (including phenoxy) is 2. The standard InChI is InChI=1S/C34H47N3O4/c1-22(2)17-31(34(39)41-29-5-4-6-29)35-20-25-8-9-26-11-12-27(10-7-24-13-15-40-16-14-24)32(37-30(26)19-25)28-18-23(3)33(38)36-21-28/h8-9,18-19,21-22,24,27,29,31,35H,4-7,10-17,20H2,1-3H3,(H,36,38)/t27?,31-/m0/s1. The first-order chi connectivity index (χ1) is 19.9. The van der Waals surface area contributed by atoms with Gasteiger partial charge in [-0.2, -0.15) is 0 Å². The largest absolute Gasteiger partial charge is 0.461 e. The molecular formula is C34H47N3O4. The second-order valence-corrected chi connectivity index (χ2v) is 12.8. The van der Waals surface area contributed by atoms with Gasteiger partial charge in [0.25, 0.3) is 5.56 Å². The highest BCUT2D eigenvalue weighted by molar-refractivity contribution is 6.04. The maximum absolute atomic E-state index is 12.9. The lowest BCUT2D eigenvalue weighted by Gasteiger charge is -2.28. The van der Waals surface area contributed by atoms with E-state index < -0.39 is 0 Å². The molecule has 2 fully saturated rings. The van der Waals surface area contributed by atoms with Gasteiger partial charge in [-0.1, -0.05) is 26.0 Å². The van der Waals surface area contributed by atoms with Crippen molar-refractivity contribution >= 4 is 17.4 Å². The number of nitrogens with one attached hydrogen (secondary N) is 2. The van der Waals surface area contributed by atoms with Crippen molar-refractivity contribution in [3.05, 3.63) is 63.1 Å². The average molecular weight is 562 g/mol. The van der Waals surface area contributed by atoms with Crippen molar-refractivity contribution in [1.82, 2.24) is 10.3 Å². The van der Waals surface area contributed by atoms with Crippen molar-refractivity contribution in [2.75, 3.05) is 13.2 Å². The molecule has 3 aliphatic rings. The van der Waals surface area contributed by atoms with Crippen LogP contribution in [0.5, 0.6) is 0 Å².